The minimum atomic E-state index is -0.433. The van der Waals surface area contributed by atoms with Crippen LogP contribution in [0, 0.1) is 0 Å². The van der Waals surface area contributed by atoms with Gasteiger partial charge in [0.15, 0.2) is 5.69 Å². The van der Waals surface area contributed by atoms with Crippen LogP contribution >= 0.6 is 11.6 Å². The van der Waals surface area contributed by atoms with E-state index in [4.69, 9.17) is 16.3 Å². The number of aromatic nitrogens is 2. The van der Waals surface area contributed by atoms with E-state index in [-0.39, 0.29) is 0 Å². The van der Waals surface area contributed by atoms with Crippen molar-refractivity contribution in [3.63, 3.8) is 0 Å². The van der Waals surface area contributed by atoms with Crippen LogP contribution in [-0.4, -0.2) is 22.5 Å². The van der Waals surface area contributed by atoms with Crippen molar-refractivity contribution >= 4 is 17.6 Å². The number of benzene rings is 2. The Bertz CT molecular complexity index is 828. The number of imidazole rings is 1. The van der Waals surface area contributed by atoms with Gasteiger partial charge in [0, 0.05) is 16.1 Å². The number of nitrogens with one attached hydrogen (secondary N) is 1. The van der Waals surface area contributed by atoms with Crippen LogP contribution < -0.4 is 0 Å². The highest BCUT2D eigenvalue weighted by Crippen LogP contribution is 2.28. The molecule has 1 N–H and O–H groups in total. The summed E-state index contributed by atoms with van der Waals surface area (Å²) in [6.07, 6.45) is 0. The van der Waals surface area contributed by atoms with E-state index in [9.17, 15) is 4.79 Å². The zero-order valence-electron chi connectivity index (χ0n) is 12.5. The number of ether oxygens (including phenoxy) is 1. The molecule has 4 nitrogen and oxygen atoms in total. The van der Waals surface area contributed by atoms with E-state index in [1.165, 1.54) is 0 Å². The highest BCUT2D eigenvalue weighted by molar-refractivity contribution is 6.30. The number of hydrogen-bond donors (Lipinski definition) is 1. The van der Waals surface area contributed by atoms with Crippen LogP contribution in [0.1, 0.15) is 17.4 Å². The van der Waals surface area contributed by atoms with Crippen molar-refractivity contribution in [2.75, 3.05) is 6.61 Å². The number of rotatable bonds is 4. The number of hydrogen-bond acceptors (Lipinski definition) is 3. The zero-order valence-corrected chi connectivity index (χ0v) is 13.3. The van der Waals surface area contributed by atoms with E-state index >= 15 is 0 Å². The molecule has 0 atom stereocenters. The Balaban J connectivity index is 2.13. The number of carbonyl (C=O) groups is 1. The second-order valence-electron chi connectivity index (χ2n) is 4.91. The molecule has 0 unspecified atom stereocenters. The molecule has 0 aliphatic carbocycles. The first-order valence-corrected chi connectivity index (χ1v) is 7.65. The van der Waals surface area contributed by atoms with E-state index in [2.05, 4.69) is 9.97 Å². The molecule has 3 rings (SSSR count). The minimum Gasteiger partial charge on any atom is -0.461 e. The summed E-state index contributed by atoms with van der Waals surface area (Å²) in [5.74, 6) is 0.181. The predicted octanol–water partition coefficient (Wildman–Crippen LogP) is 4.57. The Kier molecular flexibility index (Phi) is 4.44. The third kappa shape index (κ3) is 3.27. The largest absolute Gasteiger partial charge is 0.461 e. The molecule has 23 heavy (non-hydrogen) atoms. The van der Waals surface area contributed by atoms with Gasteiger partial charge in [0.05, 0.1) is 6.61 Å². The van der Waals surface area contributed by atoms with E-state index < -0.39 is 5.97 Å². The molecular weight excluding hydrogens is 312 g/mol. The number of esters is 1. The van der Waals surface area contributed by atoms with Crippen LogP contribution in [0.5, 0.6) is 0 Å². The quantitative estimate of drug-likeness (QED) is 0.714. The van der Waals surface area contributed by atoms with Crippen LogP contribution in [0.15, 0.2) is 54.6 Å². The fraction of sp³-hybridized carbons (Fsp3) is 0.111. The predicted molar refractivity (Wildman–Crippen MR) is 90.4 cm³/mol. The van der Waals surface area contributed by atoms with Crippen LogP contribution in [0.2, 0.25) is 5.02 Å². The average molecular weight is 327 g/mol. The molecule has 0 aliphatic rings. The molecular formula is C18H15ClN2O2. The molecule has 0 saturated carbocycles. The van der Waals surface area contributed by atoms with E-state index in [1.54, 1.807) is 19.1 Å². The monoisotopic (exact) mass is 326 g/mol. The second-order valence-corrected chi connectivity index (χ2v) is 5.34. The summed E-state index contributed by atoms with van der Waals surface area (Å²) in [7, 11) is 0. The standard InChI is InChI=1S/C18H15ClN2O2/c1-2-23-18(22)16-15(13-9-6-10-14(19)11-13)20-17(21-16)12-7-4-3-5-8-12/h3-11H,2H2,1H3,(H,20,21). The first kappa shape index (κ1) is 15.3. The van der Waals surface area contributed by atoms with E-state index in [0.29, 0.717) is 28.8 Å². The average Bonchev–Trinajstić information content (AvgIpc) is 3.01. The lowest BCUT2D eigenvalue weighted by Gasteiger charge is -2.03. The maximum Gasteiger partial charge on any atom is 0.357 e. The van der Waals surface area contributed by atoms with Crippen LogP contribution in [0.3, 0.4) is 0 Å². The van der Waals surface area contributed by atoms with Crippen LogP contribution in [-0.2, 0) is 4.74 Å². The second kappa shape index (κ2) is 6.67. The Labute approximate surface area is 139 Å². The maximum atomic E-state index is 12.2. The molecule has 2 aromatic carbocycles. The summed E-state index contributed by atoms with van der Waals surface area (Å²) in [6, 6.07) is 16.8. The van der Waals surface area contributed by atoms with Gasteiger partial charge in [-0.25, -0.2) is 9.78 Å². The van der Waals surface area contributed by atoms with E-state index in [1.807, 2.05) is 42.5 Å². The van der Waals surface area contributed by atoms with E-state index in [0.717, 1.165) is 11.1 Å². The molecule has 116 valence electrons. The van der Waals surface area contributed by atoms with Crippen molar-refractivity contribution in [1.29, 1.82) is 0 Å². The highest BCUT2D eigenvalue weighted by atomic mass is 35.5. The molecule has 0 radical (unpaired) electrons. The lowest BCUT2D eigenvalue weighted by Crippen LogP contribution is -2.06. The molecule has 1 aromatic heterocycles. The van der Waals surface area contributed by atoms with Gasteiger partial charge in [-0.05, 0) is 19.1 Å². The summed E-state index contributed by atoms with van der Waals surface area (Å²) in [6.45, 7) is 2.07. The Morgan fingerprint density at radius 1 is 1.13 bits per heavy atom. The fourth-order valence-corrected chi connectivity index (χ4v) is 2.49. The molecule has 5 heteroatoms. The molecule has 1 heterocycles. The van der Waals surface area contributed by atoms with Gasteiger partial charge in [-0.2, -0.15) is 0 Å². The van der Waals surface area contributed by atoms with Gasteiger partial charge in [-0.3, -0.25) is 0 Å². The van der Waals surface area contributed by atoms with Crippen LogP contribution in [0.25, 0.3) is 22.6 Å². The van der Waals surface area contributed by atoms with Crippen molar-refractivity contribution in [3.8, 4) is 22.6 Å². The number of aromatic amines is 1. The molecule has 0 amide bonds. The number of carbonyl (C=O) groups excluding carboxylic acids is 1. The third-order valence-corrected chi connectivity index (χ3v) is 3.56. The first-order valence-electron chi connectivity index (χ1n) is 7.27. The molecule has 0 aliphatic heterocycles. The van der Waals surface area contributed by atoms with Gasteiger partial charge >= 0.3 is 5.97 Å². The van der Waals surface area contributed by atoms with Gasteiger partial charge in [0.25, 0.3) is 0 Å². The number of halogens is 1. The van der Waals surface area contributed by atoms with Crippen molar-refractivity contribution < 1.29 is 9.53 Å². The lowest BCUT2D eigenvalue weighted by atomic mass is 10.1. The molecule has 0 bridgehead atoms. The molecule has 0 spiro atoms. The summed E-state index contributed by atoms with van der Waals surface area (Å²) in [5.41, 5.74) is 2.52. The third-order valence-electron chi connectivity index (χ3n) is 3.33. The minimum absolute atomic E-state index is 0.299. The van der Waals surface area contributed by atoms with Crippen LogP contribution in [0.4, 0.5) is 0 Å². The van der Waals surface area contributed by atoms with Gasteiger partial charge in [-0.15, -0.1) is 0 Å². The SMILES string of the molecule is CCOC(=O)c1[nH]c(-c2ccccc2)nc1-c1cccc(Cl)c1. The summed E-state index contributed by atoms with van der Waals surface area (Å²) < 4.78 is 5.13. The zero-order chi connectivity index (χ0) is 16.2. The van der Waals surface area contributed by atoms with Gasteiger partial charge in [-0.1, -0.05) is 54.1 Å². The topological polar surface area (TPSA) is 55.0 Å². The maximum absolute atomic E-state index is 12.2. The highest BCUT2D eigenvalue weighted by Gasteiger charge is 2.20. The van der Waals surface area contributed by atoms with Crippen molar-refractivity contribution in [1.82, 2.24) is 9.97 Å². The summed E-state index contributed by atoms with van der Waals surface area (Å²) >= 11 is 6.06. The fourth-order valence-electron chi connectivity index (χ4n) is 2.30. The Morgan fingerprint density at radius 2 is 1.87 bits per heavy atom. The lowest BCUT2D eigenvalue weighted by molar-refractivity contribution is 0.0521. The first-order chi connectivity index (χ1) is 11.2. The Morgan fingerprint density at radius 3 is 2.57 bits per heavy atom. The smallest absolute Gasteiger partial charge is 0.357 e. The van der Waals surface area contributed by atoms with Gasteiger partial charge in [0.1, 0.15) is 11.5 Å². The molecule has 3 aromatic rings. The normalized spacial score (nSPS) is 10.5. The number of nitrogens with zero attached hydrogens (tertiary/aromatic N) is 1. The van der Waals surface area contributed by atoms with Crippen molar-refractivity contribution in [2.24, 2.45) is 0 Å². The van der Waals surface area contributed by atoms with Crippen molar-refractivity contribution in [2.45, 2.75) is 6.92 Å². The summed E-state index contributed by atoms with van der Waals surface area (Å²) in [4.78, 5) is 19.9. The van der Waals surface area contributed by atoms with Gasteiger partial charge in [0.2, 0.25) is 0 Å². The molecule has 0 saturated heterocycles. The molecule has 0 fully saturated rings. The Hall–Kier alpha value is -2.59. The van der Waals surface area contributed by atoms with Gasteiger partial charge < -0.3 is 9.72 Å². The van der Waals surface area contributed by atoms with Crippen molar-refractivity contribution in [3.05, 3.63) is 65.3 Å². The number of H-pyrrole nitrogens is 1. The summed E-state index contributed by atoms with van der Waals surface area (Å²) in [5, 5.41) is 0.585.